The van der Waals surface area contributed by atoms with Gasteiger partial charge in [0, 0.05) is 16.6 Å². The lowest BCUT2D eigenvalue weighted by atomic mass is 9.96. The Morgan fingerprint density at radius 3 is 2.76 bits per heavy atom. The van der Waals surface area contributed by atoms with E-state index in [0.29, 0.717) is 34.3 Å². The number of ether oxygens (including phenoxy) is 2. The summed E-state index contributed by atoms with van der Waals surface area (Å²) < 4.78 is 11.5. The van der Waals surface area contributed by atoms with Crippen molar-refractivity contribution in [1.82, 2.24) is 10.7 Å². The van der Waals surface area contributed by atoms with E-state index in [-0.39, 0.29) is 0 Å². The number of nitrogens with zero attached hydrogens (tertiary/aromatic N) is 1. The maximum Gasteiger partial charge on any atom is 0.187 e. The van der Waals surface area contributed by atoms with Crippen molar-refractivity contribution < 1.29 is 9.47 Å². The average molecular weight is 432 g/mol. The molecule has 29 heavy (non-hydrogen) atoms. The van der Waals surface area contributed by atoms with Crippen molar-refractivity contribution in [3.8, 4) is 11.5 Å². The number of hydrogen-bond acceptors (Lipinski definition) is 4. The van der Waals surface area contributed by atoms with E-state index in [0.717, 1.165) is 24.0 Å². The van der Waals surface area contributed by atoms with Crippen LogP contribution in [0.1, 0.15) is 43.2 Å². The third-order valence-electron chi connectivity index (χ3n) is 4.81. The summed E-state index contributed by atoms with van der Waals surface area (Å²) in [5, 5.41) is 8.83. The highest BCUT2D eigenvalue weighted by Crippen LogP contribution is 2.31. The third-order valence-corrected chi connectivity index (χ3v) is 5.26. The second-order valence-electron chi connectivity index (χ2n) is 6.98. The summed E-state index contributed by atoms with van der Waals surface area (Å²) in [4.78, 5) is 0. The molecule has 1 fully saturated rings. The van der Waals surface area contributed by atoms with Crippen molar-refractivity contribution in [2.45, 2.75) is 44.8 Å². The molecule has 1 aliphatic carbocycles. The van der Waals surface area contributed by atoms with E-state index in [9.17, 15) is 0 Å². The number of methoxy groups -OCH3 is 1. The summed E-state index contributed by atoms with van der Waals surface area (Å²) in [6.45, 7) is 0.372. The predicted octanol–water partition coefficient (Wildman–Crippen LogP) is 5.06. The Labute approximate surface area is 182 Å². The first kappa shape index (κ1) is 21.4. The third kappa shape index (κ3) is 6.61. The molecule has 3 rings (SSSR count). The Hall–Kier alpha value is -2.31. The van der Waals surface area contributed by atoms with Crippen LogP contribution in [0.5, 0.6) is 11.5 Å². The van der Waals surface area contributed by atoms with Gasteiger partial charge in [-0.1, -0.05) is 49.1 Å². The molecule has 0 saturated heterocycles. The van der Waals surface area contributed by atoms with Crippen LogP contribution < -0.4 is 20.2 Å². The van der Waals surface area contributed by atoms with Gasteiger partial charge in [-0.3, -0.25) is 5.43 Å². The van der Waals surface area contributed by atoms with E-state index in [1.165, 1.54) is 19.3 Å². The van der Waals surface area contributed by atoms with E-state index in [1.807, 2.05) is 42.5 Å². The highest BCUT2D eigenvalue weighted by molar-refractivity contribution is 7.80. The van der Waals surface area contributed by atoms with Gasteiger partial charge in [0.2, 0.25) is 0 Å². The molecular weight excluding hydrogens is 406 g/mol. The minimum atomic E-state index is 0.372. The van der Waals surface area contributed by atoms with Gasteiger partial charge in [0.05, 0.1) is 13.3 Å². The predicted molar refractivity (Wildman–Crippen MR) is 122 cm³/mol. The Balaban J connectivity index is 1.63. The van der Waals surface area contributed by atoms with Gasteiger partial charge >= 0.3 is 0 Å². The minimum absolute atomic E-state index is 0.372. The minimum Gasteiger partial charge on any atom is -0.493 e. The number of para-hydroxylation sites is 1. The van der Waals surface area contributed by atoms with Crippen LogP contribution in [0.4, 0.5) is 0 Å². The summed E-state index contributed by atoms with van der Waals surface area (Å²) in [5.41, 5.74) is 4.67. The van der Waals surface area contributed by atoms with Crippen LogP contribution >= 0.6 is 23.8 Å². The summed E-state index contributed by atoms with van der Waals surface area (Å²) in [6.07, 6.45) is 7.81. The van der Waals surface area contributed by atoms with E-state index < -0.39 is 0 Å². The smallest absolute Gasteiger partial charge is 0.187 e. The van der Waals surface area contributed by atoms with Gasteiger partial charge in [0.1, 0.15) is 6.61 Å². The number of hydrogen-bond donors (Lipinski definition) is 2. The molecule has 0 atom stereocenters. The van der Waals surface area contributed by atoms with E-state index in [2.05, 4.69) is 15.8 Å². The number of rotatable bonds is 7. The van der Waals surface area contributed by atoms with E-state index in [4.69, 9.17) is 33.3 Å². The lowest BCUT2D eigenvalue weighted by Gasteiger charge is -2.23. The van der Waals surface area contributed by atoms with Crippen LogP contribution in [0, 0.1) is 0 Å². The molecule has 2 aromatic carbocycles. The molecule has 0 radical (unpaired) electrons. The van der Waals surface area contributed by atoms with Crippen molar-refractivity contribution in [1.29, 1.82) is 0 Å². The van der Waals surface area contributed by atoms with Crippen LogP contribution in [-0.4, -0.2) is 24.5 Å². The molecule has 0 aromatic heterocycles. The fraction of sp³-hybridized carbons (Fsp3) is 0.364. The number of halogens is 1. The zero-order valence-electron chi connectivity index (χ0n) is 16.5. The molecule has 0 amide bonds. The van der Waals surface area contributed by atoms with Crippen molar-refractivity contribution in [2.24, 2.45) is 5.10 Å². The number of nitrogens with one attached hydrogen (secondary N) is 2. The SMILES string of the molecule is COc1cccc(/C=N/NC(=S)NC2CCCCC2)c1OCc1cccc(Cl)c1. The van der Waals surface area contributed by atoms with Crippen LogP contribution in [0.25, 0.3) is 0 Å². The molecule has 2 aromatic rings. The average Bonchev–Trinajstić information content (AvgIpc) is 2.73. The lowest BCUT2D eigenvalue weighted by molar-refractivity contribution is 0.284. The second kappa shape index (κ2) is 11.0. The van der Waals surface area contributed by atoms with Gasteiger partial charge in [-0.05, 0) is 54.9 Å². The Bertz CT molecular complexity index is 854. The van der Waals surface area contributed by atoms with Gasteiger partial charge in [-0.15, -0.1) is 0 Å². The van der Waals surface area contributed by atoms with E-state index >= 15 is 0 Å². The molecule has 5 nitrogen and oxygen atoms in total. The van der Waals surface area contributed by atoms with Crippen molar-refractivity contribution in [2.75, 3.05) is 7.11 Å². The summed E-state index contributed by atoms with van der Waals surface area (Å²) >= 11 is 11.4. The highest BCUT2D eigenvalue weighted by atomic mass is 35.5. The molecule has 1 saturated carbocycles. The Morgan fingerprint density at radius 2 is 2.00 bits per heavy atom. The van der Waals surface area contributed by atoms with Gasteiger partial charge in [-0.25, -0.2) is 0 Å². The quantitative estimate of drug-likeness (QED) is 0.364. The molecule has 154 valence electrons. The van der Waals surface area contributed by atoms with Crippen molar-refractivity contribution in [3.63, 3.8) is 0 Å². The Kier molecular flexibility index (Phi) is 8.14. The number of benzene rings is 2. The number of hydrazone groups is 1. The maximum absolute atomic E-state index is 6.06. The fourth-order valence-electron chi connectivity index (χ4n) is 3.36. The first-order valence-corrected chi connectivity index (χ1v) is 10.6. The first-order valence-electron chi connectivity index (χ1n) is 9.79. The highest BCUT2D eigenvalue weighted by Gasteiger charge is 2.14. The molecule has 0 aliphatic heterocycles. The van der Waals surface area contributed by atoms with Gasteiger partial charge < -0.3 is 14.8 Å². The molecular formula is C22H26ClN3O2S. The van der Waals surface area contributed by atoms with Crippen LogP contribution in [0.15, 0.2) is 47.6 Å². The first-order chi connectivity index (χ1) is 14.2. The number of thiocarbonyl (C=S) groups is 1. The molecule has 0 heterocycles. The molecule has 0 unspecified atom stereocenters. The molecule has 1 aliphatic rings. The van der Waals surface area contributed by atoms with Gasteiger partial charge in [0.15, 0.2) is 16.6 Å². The largest absolute Gasteiger partial charge is 0.493 e. The summed E-state index contributed by atoms with van der Waals surface area (Å²) in [7, 11) is 1.62. The summed E-state index contributed by atoms with van der Waals surface area (Å²) in [5.74, 6) is 1.26. The van der Waals surface area contributed by atoms with Crippen molar-refractivity contribution in [3.05, 3.63) is 58.6 Å². The second-order valence-corrected chi connectivity index (χ2v) is 7.82. The fourth-order valence-corrected chi connectivity index (χ4v) is 3.79. The van der Waals surface area contributed by atoms with Gasteiger partial charge in [-0.2, -0.15) is 5.10 Å². The topological polar surface area (TPSA) is 54.9 Å². The zero-order valence-corrected chi connectivity index (χ0v) is 18.1. The Morgan fingerprint density at radius 1 is 1.21 bits per heavy atom. The normalized spacial score (nSPS) is 14.6. The van der Waals surface area contributed by atoms with Crippen molar-refractivity contribution >= 4 is 35.1 Å². The maximum atomic E-state index is 6.06. The summed E-state index contributed by atoms with van der Waals surface area (Å²) in [6, 6.07) is 13.7. The van der Waals surface area contributed by atoms with Crippen LogP contribution in [0.2, 0.25) is 5.02 Å². The zero-order chi connectivity index (χ0) is 20.5. The molecule has 0 bridgehead atoms. The monoisotopic (exact) mass is 431 g/mol. The standard InChI is InChI=1S/C22H26ClN3O2S/c1-27-20-12-6-8-17(21(20)28-15-16-7-5-9-18(23)13-16)14-24-26-22(29)25-19-10-3-2-4-11-19/h5-9,12-14,19H,2-4,10-11,15H2,1H3,(H2,25,26,29)/b24-14+. The van der Waals surface area contributed by atoms with Crippen LogP contribution in [0.3, 0.4) is 0 Å². The van der Waals surface area contributed by atoms with Crippen LogP contribution in [-0.2, 0) is 6.61 Å². The molecule has 2 N–H and O–H groups in total. The van der Waals surface area contributed by atoms with Gasteiger partial charge in [0.25, 0.3) is 0 Å². The van der Waals surface area contributed by atoms with E-state index in [1.54, 1.807) is 13.3 Å². The molecule has 0 spiro atoms. The lowest BCUT2D eigenvalue weighted by Crippen LogP contribution is -2.40. The molecule has 7 heteroatoms.